The Hall–Kier alpha value is -2.98. The summed E-state index contributed by atoms with van der Waals surface area (Å²) in [7, 11) is 1.65. The molecular weight excluding hydrogens is 306 g/mol. The summed E-state index contributed by atoms with van der Waals surface area (Å²) in [5, 5.41) is 14.9. The first-order valence-electron chi connectivity index (χ1n) is 7.53. The number of carbonyl (C=O) groups excluding carboxylic acids is 1. The summed E-state index contributed by atoms with van der Waals surface area (Å²) in [6.07, 6.45) is 0.830. The second kappa shape index (κ2) is 8.60. The lowest BCUT2D eigenvalue weighted by Gasteiger charge is -2.09. The lowest BCUT2D eigenvalue weighted by molar-refractivity contribution is 0.102. The van der Waals surface area contributed by atoms with Crippen molar-refractivity contribution < 1.29 is 9.53 Å². The number of anilines is 2. The van der Waals surface area contributed by atoms with Gasteiger partial charge in [-0.2, -0.15) is 5.26 Å². The number of hydrogen-bond acceptors (Lipinski definition) is 6. The van der Waals surface area contributed by atoms with Gasteiger partial charge >= 0.3 is 0 Å². The fraction of sp³-hybridized carbons (Fsp3) is 0.294. The van der Waals surface area contributed by atoms with Crippen molar-refractivity contribution >= 4 is 17.4 Å². The Morgan fingerprint density at radius 2 is 2.12 bits per heavy atom. The Bertz CT molecular complexity index is 755. The number of nitrogens with one attached hydrogen (secondary N) is 2. The topological polar surface area (TPSA) is 99.9 Å². The van der Waals surface area contributed by atoms with Crippen LogP contribution in [0.5, 0.6) is 0 Å². The molecule has 0 saturated carbocycles. The molecule has 124 valence electrons. The van der Waals surface area contributed by atoms with Gasteiger partial charge < -0.3 is 15.4 Å². The van der Waals surface area contributed by atoms with Gasteiger partial charge in [-0.05, 0) is 25.5 Å². The minimum absolute atomic E-state index is 0.240. The number of aromatic nitrogens is 2. The second-order valence-electron chi connectivity index (χ2n) is 5.07. The van der Waals surface area contributed by atoms with Crippen LogP contribution in [0.4, 0.5) is 11.5 Å². The summed E-state index contributed by atoms with van der Waals surface area (Å²) in [5.41, 5.74) is 1.09. The maximum atomic E-state index is 12.4. The number of amides is 1. The lowest BCUT2D eigenvalue weighted by atomic mass is 10.2. The minimum atomic E-state index is -0.386. The molecule has 0 radical (unpaired) electrons. The van der Waals surface area contributed by atoms with E-state index in [-0.39, 0.29) is 11.6 Å². The highest BCUT2D eigenvalue weighted by atomic mass is 16.5. The van der Waals surface area contributed by atoms with Crippen molar-refractivity contribution in [2.45, 2.75) is 13.3 Å². The zero-order chi connectivity index (χ0) is 17.4. The molecule has 0 unspecified atom stereocenters. The first-order chi connectivity index (χ1) is 11.6. The summed E-state index contributed by atoms with van der Waals surface area (Å²) in [6, 6.07) is 10.4. The Labute approximate surface area is 140 Å². The number of aryl methyl sites for hydroxylation is 1. The van der Waals surface area contributed by atoms with Crippen molar-refractivity contribution in [2.24, 2.45) is 0 Å². The Morgan fingerprint density at radius 3 is 2.88 bits per heavy atom. The molecule has 0 aliphatic carbocycles. The molecule has 7 heteroatoms. The van der Waals surface area contributed by atoms with Crippen LogP contribution in [-0.4, -0.2) is 36.1 Å². The van der Waals surface area contributed by atoms with Gasteiger partial charge in [0.05, 0.1) is 11.3 Å². The van der Waals surface area contributed by atoms with E-state index >= 15 is 0 Å². The van der Waals surface area contributed by atoms with Crippen molar-refractivity contribution in [3.05, 3.63) is 47.4 Å². The second-order valence-corrected chi connectivity index (χ2v) is 5.07. The van der Waals surface area contributed by atoms with Crippen LogP contribution in [0.15, 0.2) is 30.3 Å². The SMILES string of the molecule is COCCCNc1cc(C(=O)Nc2ccccc2C#N)nc(C)n1. The van der Waals surface area contributed by atoms with Crippen LogP contribution < -0.4 is 10.6 Å². The van der Waals surface area contributed by atoms with Crippen LogP contribution in [0.2, 0.25) is 0 Å². The van der Waals surface area contributed by atoms with E-state index in [1.807, 2.05) is 6.07 Å². The number of nitrogens with zero attached hydrogens (tertiary/aromatic N) is 3. The molecule has 1 aromatic heterocycles. The molecule has 2 aromatic rings. The quantitative estimate of drug-likeness (QED) is 0.758. The number of ether oxygens (including phenoxy) is 1. The van der Waals surface area contributed by atoms with Gasteiger partial charge in [-0.15, -0.1) is 0 Å². The van der Waals surface area contributed by atoms with Gasteiger partial charge in [-0.3, -0.25) is 4.79 Å². The third kappa shape index (κ3) is 4.76. The molecular formula is C17H19N5O2. The molecule has 1 aromatic carbocycles. The predicted octanol–water partition coefficient (Wildman–Crippen LogP) is 2.36. The Morgan fingerprint density at radius 1 is 1.33 bits per heavy atom. The van der Waals surface area contributed by atoms with Crippen LogP contribution in [-0.2, 0) is 4.74 Å². The number of rotatable bonds is 7. The fourth-order valence-corrected chi connectivity index (χ4v) is 2.08. The molecule has 2 rings (SSSR count). The molecule has 1 amide bonds. The van der Waals surface area contributed by atoms with Crippen LogP contribution in [0.3, 0.4) is 0 Å². The van der Waals surface area contributed by atoms with Gasteiger partial charge in [0, 0.05) is 26.3 Å². The van der Waals surface area contributed by atoms with Crippen LogP contribution in [0.1, 0.15) is 28.3 Å². The third-order valence-electron chi connectivity index (χ3n) is 3.20. The maximum Gasteiger partial charge on any atom is 0.274 e. The first kappa shape index (κ1) is 17.4. The maximum absolute atomic E-state index is 12.4. The molecule has 0 spiro atoms. The van der Waals surface area contributed by atoms with E-state index in [1.54, 1.807) is 44.4 Å². The van der Waals surface area contributed by atoms with Crippen LogP contribution in [0, 0.1) is 18.3 Å². The van der Waals surface area contributed by atoms with Gasteiger partial charge in [0.1, 0.15) is 23.4 Å². The number of para-hydroxylation sites is 1. The molecule has 0 aliphatic heterocycles. The van der Waals surface area contributed by atoms with Gasteiger partial charge in [0.2, 0.25) is 0 Å². The van der Waals surface area contributed by atoms with E-state index in [4.69, 9.17) is 10.00 Å². The van der Waals surface area contributed by atoms with E-state index in [0.29, 0.717) is 36.0 Å². The monoisotopic (exact) mass is 325 g/mol. The van der Waals surface area contributed by atoms with E-state index in [2.05, 4.69) is 20.6 Å². The number of carbonyl (C=O) groups is 1. The van der Waals surface area contributed by atoms with Crippen LogP contribution in [0.25, 0.3) is 0 Å². The zero-order valence-corrected chi connectivity index (χ0v) is 13.7. The molecule has 0 saturated heterocycles. The van der Waals surface area contributed by atoms with Crippen molar-refractivity contribution in [1.82, 2.24) is 9.97 Å². The van der Waals surface area contributed by atoms with E-state index < -0.39 is 0 Å². The minimum Gasteiger partial charge on any atom is -0.385 e. The normalized spacial score (nSPS) is 10.0. The standard InChI is InChI=1S/C17H19N5O2/c1-12-20-15(10-16(21-12)19-8-5-9-24-2)17(23)22-14-7-4-3-6-13(14)11-18/h3-4,6-7,10H,5,8-9H2,1-2H3,(H,22,23)(H,19,20,21). The van der Waals surface area contributed by atoms with Crippen molar-refractivity contribution in [3.8, 4) is 6.07 Å². The summed E-state index contributed by atoms with van der Waals surface area (Å²) in [4.78, 5) is 20.8. The molecule has 2 N–H and O–H groups in total. The number of nitriles is 1. The number of methoxy groups -OCH3 is 1. The average molecular weight is 325 g/mol. The van der Waals surface area contributed by atoms with Crippen molar-refractivity contribution in [2.75, 3.05) is 30.9 Å². The average Bonchev–Trinajstić information content (AvgIpc) is 2.58. The van der Waals surface area contributed by atoms with Gasteiger partial charge in [-0.25, -0.2) is 9.97 Å². The summed E-state index contributed by atoms with van der Waals surface area (Å²) in [5.74, 6) is 0.686. The van der Waals surface area contributed by atoms with E-state index in [1.165, 1.54) is 0 Å². The molecule has 0 bridgehead atoms. The summed E-state index contributed by atoms with van der Waals surface area (Å²) in [6.45, 7) is 3.05. The summed E-state index contributed by atoms with van der Waals surface area (Å²) < 4.78 is 4.99. The highest BCUT2D eigenvalue weighted by Crippen LogP contribution is 2.15. The molecule has 0 aliphatic rings. The fourth-order valence-electron chi connectivity index (χ4n) is 2.08. The molecule has 0 atom stereocenters. The van der Waals surface area contributed by atoms with E-state index in [0.717, 1.165) is 6.42 Å². The first-order valence-corrected chi connectivity index (χ1v) is 7.53. The Balaban J connectivity index is 2.11. The highest BCUT2D eigenvalue weighted by Gasteiger charge is 2.12. The highest BCUT2D eigenvalue weighted by molar-refractivity contribution is 6.03. The van der Waals surface area contributed by atoms with Crippen molar-refractivity contribution in [3.63, 3.8) is 0 Å². The Kier molecular flexibility index (Phi) is 6.23. The zero-order valence-electron chi connectivity index (χ0n) is 13.7. The number of benzene rings is 1. The largest absolute Gasteiger partial charge is 0.385 e. The molecule has 24 heavy (non-hydrogen) atoms. The molecule has 7 nitrogen and oxygen atoms in total. The van der Waals surface area contributed by atoms with Crippen LogP contribution >= 0.6 is 0 Å². The number of hydrogen-bond donors (Lipinski definition) is 2. The van der Waals surface area contributed by atoms with Gasteiger partial charge in [0.15, 0.2) is 0 Å². The van der Waals surface area contributed by atoms with Gasteiger partial charge in [0.25, 0.3) is 5.91 Å². The molecule has 0 fully saturated rings. The van der Waals surface area contributed by atoms with Gasteiger partial charge in [-0.1, -0.05) is 12.1 Å². The molecule has 1 heterocycles. The van der Waals surface area contributed by atoms with E-state index in [9.17, 15) is 4.79 Å². The lowest BCUT2D eigenvalue weighted by Crippen LogP contribution is -2.17. The van der Waals surface area contributed by atoms with Crippen molar-refractivity contribution in [1.29, 1.82) is 5.26 Å². The smallest absolute Gasteiger partial charge is 0.274 e. The third-order valence-corrected chi connectivity index (χ3v) is 3.20. The predicted molar refractivity (Wildman–Crippen MR) is 90.9 cm³/mol. The summed E-state index contributed by atoms with van der Waals surface area (Å²) >= 11 is 0.